The molecule has 142 valence electrons. The van der Waals surface area contributed by atoms with Crippen LogP contribution in [0.2, 0.25) is 0 Å². The van der Waals surface area contributed by atoms with Gasteiger partial charge in [-0.1, -0.05) is 12.1 Å². The molecule has 2 aromatic carbocycles. The van der Waals surface area contributed by atoms with Crippen molar-refractivity contribution in [2.75, 3.05) is 11.4 Å². The number of anilines is 1. The van der Waals surface area contributed by atoms with Crippen LogP contribution >= 0.6 is 0 Å². The Morgan fingerprint density at radius 2 is 1.79 bits per heavy atom. The predicted molar refractivity (Wildman–Crippen MR) is 103 cm³/mol. The molecule has 1 fully saturated rings. The molecule has 1 aromatic heterocycles. The van der Waals surface area contributed by atoms with E-state index in [1.54, 1.807) is 29.2 Å². The second-order valence-corrected chi connectivity index (χ2v) is 6.67. The molecule has 1 aliphatic rings. The number of halogens is 1. The van der Waals surface area contributed by atoms with Gasteiger partial charge in [-0.3, -0.25) is 9.59 Å². The lowest BCUT2D eigenvalue weighted by atomic mass is 10.2. The normalized spacial score (nSPS) is 13.8. The average molecular weight is 378 g/mol. The summed E-state index contributed by atoms with van der Waals surface area (Å²) in [6.45, 7) is 1.10. The molecule has 2 heterocycles. The molecule has 2 amide bonds. The van der Waals surface area contributed by atoms with Crippen LogP contribution in [0.4, 0.5) is 10.1 Å². The zero-order valence-corrected chi connectivity index (χ0v) is 15.2. The first kappa shape index (κ1) is 18.0. The van der Waals surface area contributed by atoms with E-state index in [4.69, 9.17) is 4.42 Å². The van der Waals surface area contributed by atoms with Gasteiger partial charge in [0.1, 0.15) is 11.6 Å². The van der Waals surface area contributed by atoms with E-state index in [9.17, 15) is 14.0 Å². The summed E-state index contributed by atoms with van der Waals surface area (Å²) in [5.41, 5.74) is 2.51. The van der Waals surface area contributed by atoms with E-state index >= 15 is 0 Å². The fourth-order valence-corrected chi connectivity index (χ4v) is 3.21. The van der Waals surface area contributed by atoms with Crippen LogP contribution < -0.4 is 10.2 Å². The third kappa shape index (κ3) is 3.81. The van der Waals surface area contributed by atoms with Crippen molar-refractivity contribution in [3.8, 4) is 11.3 Å². The van der Waals surface area contributed by atoms with Gasteiger partial charge >= 0.3 is 0 Å². The summed E-state index contributed by atoms with van der Waals surface area (Å²) in [5.74, 6) is 0.194. The summed E-state index contributed by atoms with van der Waals surface area (Å²) >= 11 is 0. The van der Waals surface area contributed by atoms with E-state index in [1.165, 1.54) is 12.1 Å². The Morgan fingerprint density at radius 3 is 2.46 bits per heavy atom. The van der Waals surface area contributed by atoms with Gasteiger partial charge in [0.25, 0.3) is 5.91 Å². The van der Waals surface area contributed by atoms with Gasteiger partial charge in [-0.2, -0.15) is 0 Å². The molecular formula is C22H19FN2O3. The highest BCUT2D eigenvalue weighted by Crippen LogP contribution is 2.23. The van der Waals surface area contributed by atoms with Gasteiger partial charge in [-0.05, 0) is 60.5 Å². The summed E-state index contributed by atoms with van der Waals surface area (Å²) in [5, 5.41) is 2.81. The summed E-state index contributed by atoms with van der Waals surface area (Å²) in [6.07, 6.45) is 1.49. The Balaban J connectivity index is 1.37. The maximum absolute atomic E-state index is 13.0. The van der Waals surface area contributed by atoms with Gasteiger partial charge in [-0.15, -0.1) is 0 Å². The summed E-state index contributed by atoms with van der Waals surface area (Å²) in [7, 11) is 0. The highest BCUT2D eigenvalue weighted by molar-refractivity contribution is 5.95. The number of furan rings is 1. The summed E-state index contributed by atoms with van der Waals surface area (Å²) < 4.78 is 18.6. The lowest BCUT2D eigenvalue weighted by molar-refractivity contribution is -0.117. The molecule has 6 heteroatoms. The third-order valence-electron chi connectivity index (χ3n) is 4.73. The first-order valence-corrected chi connectivity index (χ1v) is 9.13. The molecule has 1 N–H and O–H groups in total. The fraction of sp³-hybridized carbons (Fsp3) is 0.182. The number of nitrogens with one attached hydrogen (secondary N) is 1. The van der Waals surface area contributed by atoms with Crippen LogP contribution in [0, 0.1) is 5.82 Å². The van der Waals surface area contributed by atoms with Crippen LogP contribution in [-0.4, -0.2) is 18.4 Å². The lowest BCUT2D eigenvalue weighted by Gasteiger charge is -2.16. The van der Waals surface area contributed by atoms with Gasteiger partial charge in [0, 0.05) is 30.8 Å². The molecule has 3 aromatic rings. The number of hydrogen-bond donors (Lipinski definition) is 1. The van der Waals surface area contributed by atoms with E-state index in [1.807, 2.05) is 24.3 Å². The Morgan fingerprint density at radius 1 is 1.04 bits per heavy atom. The average Bonchev–Trinajstić information content (AvgIpc) is 3.37. The van der Waals surface area contributed by atoms with Crippen molar-refractivity contribution >= 4 is 17.5 Å². The number of carbonyl (C=O) groups excluding carboxylic acids is 2. The molecule has 5 nitrogen and oxygen atoms in total. The first-order valence-electron chi connectivity index (χ1n) is 9.13. The van der Waals surface area contributed by atoms with Gasteiger partial charge in [0.2, 0.25) is 5.91 Å². The van der Waals surface area contributed by atoms with Gasteiger partial charge < -0.3 is 14.6 Å². The minimum atomic E-state index is -0.327. The van der Waals surface area contributed by atoms with Crippen molar-refractivity contribution in [1.82, 2.24) is 5.32 Å². The highest BCUT2D eigenvalue weighted by Gasteiger charge is 2.21. The van der Waals surface area contributed by atoms with Crippen LogP contribution in [0.25, 0.3) is 11.3 Å². The minimum Gasteiger partial charge on any atom is -0.451 e. The Hall–Kier alpha value is -3.41. The monoisotopic (exact) mass is 378 g/mol. The topological polar surface area (TPSA) is 62.6 Å². The van der Waals surface area contributed by atoms with E-state index in [-0.39, 0.29) is 23.4 Å². The number of benzene rings is 2. The molecular weight excluding hydrogens is 359 g/mol. The summed E-state index contributed by atoms with van der Waals surface area (Å²) in [6, 6.07) is 16.7. The van der Waals surface area contributed by atoms with Crippen molar-refractivity contribution < 1.29 is 18.4 Å². The molecule has 1 saturated heterocycles. The maximum atomic E-state index is 13.0. The Labute approximate surface area is 161 Å². The van der Waals surface area contributed by atoms with Crippen molar-refractivity contribution in [2.45, 2.75) is 19.4 Å². The molecule has 0 atom stereocenters. The number of carbonyl (C=O) groups is 2. The molecule has 28 heavy (non-hydrogen) atoms. The van der Waals surface area contributed by atoms with Crippen LogP contribution in [-0.2, 0) is 11.3 Å². The zero-order chi connectivity index (χ0) is 19.5. The smallest absolute Gasteiger partial charge is 0.287 e. The van der Waals surface area contributed by atoms with Crippen LogP contribution in [0.3, 0.4) is 0 Å². The predicted octanol–water partition coefficient (Wildman–Crippen LogP) is 4.14. The SMILES string of the molecule is O=C(NCc1ccc(N2CCCC2=O)cc1)c1ccc(-c2ccc(F)cc2)o1. The standard InChI is InChI=1S/C22H19FN2O3/c23-17-7-5-16(6-8-17)19-11-12-20(28-19)22(27)24-14-15-3-9-18(10-4-15)25-13-1-2-21(25)26/h3-12H,1-2,13-14H2,(H,24,27). The molecule has 0 bridgehead atoms. The zero-order valence-electron chi connectivity index (χ0n) is 15.2. The van der Waals surface area contributed by atoms with Crippen molar-refractivity contribution in [2.24, 2.45) is 0 Å². The second kappa shape index (κ2) is 7.68. The molecule has 0 saturated carbocycles. The van der Waals surface area contributed by atoms with E-state index in [0.717, 1.165) is 24.2 Å². The molecule has 0 spiro atoms. The Bertz CT molecular complexity index is 993. The number of nitrogens with zero attached hydrogens (tertiary/aromatic N) is 1. The molecule has 4 rings (SSSR count). The van der Waals surface area contributed by atoms with E-state index < -0.39 is 0 Å². The quantitative estimate of drug-likeness (QED) is 0.726. The first-order chi connectivity index (χ1) is 13.6. The summed E-state index contributed by atoms with van der Waals surface area (Å²) in [4.78, 5) is 25.9. The largest absolute Gasteiger partial charge is 0.451 e. The van der Waals surface area contributed by atoms with Gasteiger partial charge in [0.05, 0.1) is 0 Å². The van der Waals surface area contributed by atoms with E-state index in [0.29, 0.717) is 24.3 Å². The van der Waals surface area contributed by atoms with Crippen molar-refractivity contribution in [1.29, 1.82) is 0 Å². The third-order valence-corrected chi connectivity index (χ3v) is 4.73. The van der Waals surface area contributed by atoms with Crippen LogP contribution in [0.1, 0.15) is 29.0 Å². The lowest BCUT2D eigenvalue weighted by Crippen LogP contribution is -2.24. The van der Waals surface area contributed by atoms with Crippen LogP contribution in [0.15, 0.2) is 65.1 Å². The van der Waals surface area contributed by atoms with Gasteiger partial charge in [-0.25, -0.2) is 4.39 Å². The fourth-order valence-electron chi connectivity index (χ4n) is 3.21. The second-order valence-electron chi connectivity index (χ2n) is 6.67. The van der Waals surface area contributed by atoms with Crippen molar-refractivity contribution in [3.63, 3.8) is 0 Å². The number of hydrogen-bond acceptors (Lipinski definition) is 3. The molecule has 0 radical (unpaired) electrons. The molecule has 0 unspecified atom stereocenters. The number of amides is 2. The Kier molecular flexibility index (Phi) is 4.93. The van der Waals surface area contributed by atoms with E-state index in [2.05, 4.69) is 5.32 Å². The molecule has 1 aliphatic heterocycles. The van der Waals surface area contributed by atoms with Gasteiger partial charge in [0.15, 0.2) is 5.76 Å². The molecule has 0 aliphatic carbocycles. The van der Waals surface area contributed by atoms with Crippen molar-refractivity contribution in [3.05, 3.63) is 77.8 Å². The van der Waals surface area contributed by atoms with Crippen LogP contribution in [0.5, 0.6) is 0 Å². The maximum Gasteiger partial charge on any atom is 0.287 e. The minimum absolute atomic E-state index is 0.149. The number of rotatable bonds is 5. The highest BCUT2D eigenvalue weighted by atomic mass is 19.1.